The number of anilines is 5. The molecule has 0 aliphatic heterocycles. The summed E-state index contributed by atoms with van der Waals surface area (Å²) in [7, 11) is 2.96. The molecule has 0 atom stereocenters. The lowest BCUT2D eigenvalue weighted by Crippen LogP contribution is -2.19. The summed E-state index contributed by atoms with van der Waals surface area (Å²) in [6.45, 7) is 0.225. The molecule has 364 valence electrons. The van der Waals surface area contributed by atoms with Crippen LogP contribution in [0.3, 0.4) is 0 Å². The highest BCUT2D eigenvalue weighted by Crippen LogP contribution is 2.38. The van der Waals surface area contributed by atoms with Crippen LogP contribution in [0.2, 0.25) is 0 Å². The van der Waals surface area contributed by atoms with Gasteiger partial charge in [-0.1, -0.05) is 60.7 Å². The number of hydrogen-bond donors (Lipinski definition) is 5. The number of pyridine rings is 2. The fourth-order valence-electron chi connectivity index (χ4n) is 6.77. The summed E-state index contributed by atoms with van der Waals surface area (Å²) in [4.78, 5) is 49.6. The Bertz CT molecular complexity index is 3360. The average molecular weight is 993 g/mol. The van der Waals surface area contributed by atoms with Crippen LogP contribution in [0, 0.1) is 11.6 Å². The number of rotatable bonds is 14. The highest BCUT2D eigenvalue weighted by Gasteiger charge is 2.17. The smallest absolute Gasteiger partial charge is 0.412 e. The van der Waals surface area contributed by atoms with Crippen LogP contribution in [-0.4, -0.2) is 47.4 Å². The molecular formula is C52H42F2N8O9S. The third kappa shape index (κ3) is 12.7. The summed E-state index contributed by atoms with van der Waals surface area (Å²) >= 11 is 1.24. The van der Waals surface area contributed by atoms with E-state index in [1.165, 1.54) is 56.0 Å². The zero-order valence-electron chi connectivity index (χ0n) is 38.2. The lowest BCUT2D eigenvalue weighted by atomic mass is 10.1. The molecule has 0 unspecified atom stereocenters. The molecule has 72 heavy (non-hydrogen) atoms. The maximum atomic E-state index is 14.8. The lowest BCUT2D eigenvalue weighted by Gasteiger charge is -2.14. The van der Waals surface area contributed by atoms with Gasteiger partial charge in [0.1, 0.15) is 59.3 Å². The van der Waals surface area contributed by atoms with Crippen molar-refractivity contribution in [3.8, 4) is 34.5 Å². The Morgan fingerprint density at radius 2 is 1.06 bits per heavy atom. The van der Waals surface area contributed by atoms with Crippen LogP contribution < -0.4 is 45.9 Å². The van der Waals surface area contributed by atoms with E-state index < -0.39 is 29.9 Å². The lowest BCUT2D eigenvalue weighted by molar-refractivity contribution is 0.154. The summed E-state index contributed by atoms with van der Waals surface area (Å²) < 4.78 is 61.8. The van der Waals surface area contributed by atoms with Gasteiger partial charge in [0.25, 0.3) is 0 Å². The number of nitrogen functional groups attached to an aromatic ring is 1. The number of nitrogens with two attached hydrogens (primary N) is 1. The maximum Gasteiger partial charge on any atom is 0.412 e. The number of ether oxygens (including phenoxy) is 6. The van der Waals surface area contributed by atoms with Gasteiger partial charge in [-0.15, -0.1) is 11.3 Å². The van der Waals surface area contributed by atoms with Crippen LogP contribution in [0.25, 0.3) is 21.8 Å². The van der Waals surface area contributed by atoms with Crippen molar-refractivity contribution in [1.29, 1.82) is 0 Å². The number of urea groups is 1. The van der Waals surface area contributed by atoms with Crippen molar-refractivity contribution in [2.45, 2.75) is 13.2 Å². The number of carbonyl (C=O) groups excluding carboxylic acids is 3. The molecule has 4 amide bonds. The second kappa shape index (κ2) is 23.2. The van der Waals surface area contributed by atoms with E-state index >= 15 is 0 Å². The predicted molar refractivity (Wildman–Crippen MR) is 269 cm³/mol. The summed E-state index contributed by atoms with van der Waals surface area (Å²) in [5.41, 5.74) is 9.03. The molecule has 20 heteroatoms. The van der Waals surface area contributed by atoms with Gasteiger partial charge in [-0.3, -0.25) is 25.9 Å². The predicted octanol–water partition coefficient (Wildman–Crippen LogP) is 12.5. The van der Waals surface area contributed by atoms with Crippen LogP contribution >= 0.6 is 11.3 Å². The Morgan fingerprint density at radius 3 is 1.53 bits per heavy atom. The minimum Gasteiger partial charge on any atom is -0.494 e. The van der Waals surface area contributed by atoms with Gasteiger partial charge in [-0.05, 0) is 59.7 Å². The van der Waals surface area contributed by atoms with E-state index in [4.69, 9.17) is 34.2 Å². The van der Waals surface area contributed by atoms with Gasteiger partial charge in [0.15, 0.2) is 5.13 Å². The van der Waals surface area contributed by atoms with E-state index in [1.54, 1.807) is 60.2 Å². The molecule has 3 heterocycles. The number of aromatic nitrogens is 3. The minimum absolute atomic E-state index is 0.0298. The van der Waals surface area contributed by atoms with E-state index in [0.29, 0.717) is 61.3 Å². The molecule has 0 aliphatic rings. The fourth-order valence-corrected chi connectivity index (χ4v) is 7.29. The van der Waals surface area contributed by atoms with Gasteiger partial charge in [0, 0.05) is 59.0 Å². The van der Waals surface area contributed by atoms with Crippen LogP contribution in [0.5, 0.6) is 34.5 Å². The van der Waals surface area contributed by atoms with E-state index in [1.807, 2.05) is 60.7 Å². The van der Waals surface area contributed by atoms with Crippen molar-refractivity contribution in [3.05, 3.63) is 180 Å². The summed E-state index contributed by atoms with van der Waals surface area (Å²) in [6, 6.07) is 36.1. The zero-order valence-corrected chi connectivity index (χ0v) is 39.0. The van der Waals surface area contributed by atoms with Crippen molar-refractivity contribution >= 4 is 79.2 Å². The Morgan fingerprint density at radius 1 is 0.542 bits per heavy atom. The quantitative estimate of drug-likeness (QED) is 0.0641. The molecule has 0 spiro atoms. The third-order valence-electron chi connectivity index (χ3n) is 10.2. The van der Waals surface area contributed by atoms with Gasteiger partial charge in [-0.25, -0.2) is 28.1 Å². The monoisotopic (exact) mass is 992 g/mol. The number of nitrogens with zero attached hydrogens (tertiary/aromatic N) is 3. The standard InChI is InChI=1S/C28H22FN5O5S.C24H20FN3O4/c1-37-25-15-22-19(14-23(25)33-28(36)38-16-17-5-3-2-4-6-17)24(9-10-30-22)39-18-7-8-21(20(29)13-18)32-26(35)34-27-31-11-12-40-27;1-30-23-13-20-17(12-21(23)28-24(29)31-14-15-5-3-2-4-6-15)22(9-10-27-20)32-16-7-8-19(26)18(25)11-16/h2-15H,16H2,1H3,(H,33,36)(H2,31,32,34,35);2-13H,14,26H2,1H3,(H,28,29). The van der Waals surface area contributed by atoms with Crippen LogP contribution in [-0.2, 0) is 22.7 Å². The number of benzene rings is 6. The Balaban J connectivity index is 0.000000197. The second-order valence-electron chi connectivity index (χ2n) is 15.1. The first-order chi connectivity index (χ1) is 35.0. The fraction of sp³-hybridized carbons (Fsp3) is 0.0769. The van der Waals surface area contributed by atoms with Gasteiger partial charge in [0.05, 0.1) is 48.0 Å². The molecule has 0 saturated carbocycles. The van der Waals surface area contributed by atoms with Gasteiger partial charge in [0.2, 0.25) is 0 Å². The first-order valence-corrected chi connectivity index (χ1v) is 22.5. The zero-order chi connectivity index (χ0) is 50.4. The Hall–Kier alpha value is -9.56. The SMILES string of the molecule is COc1cc2nccc(Oc3ccc(N)c(F)c3)c2cc1NC(=O)OCc1ccccc1.COc1cc2nccc(Oc3ccc(NC(=O)Nc4nccs4)c(F)c3)c2cc1NC(=O)OCc1ccccc1. The summed E-state index contributed by atoms with van der Waals surface area (Å²) in [5, 5.41) is 13.5. The molecule has 6 N–H and O–H groups in total. The summed E-state index contributed by atoms with van der Waals surface area (Å²) in [5.74, 6) is 0.725. The van der Waals surface area contributed by atoms with Crippen molar-refractivity contribution < 1.29 is 51.6 Å². The van der Waals surface area contributed by atoms with E-state index in [2.05, 4.69) is 36.2 Å². The number of thiazole rings is 1. The Kier molecular flexibility index (Phi) is 15.7. The number of carbonyl (C=O) groups is 3. The molecule has 0 bridgehead atoms. The van der Waals surface area contributed by atoms with Gasteiger partial charge >= 0.3 is 18.2 Å². The third-order valence-corrected chi connectivity index (χ3v) is 10.9. The van der Waals surface area contributed by atoms with E-state index in [-0.39, 0.29) is 36.1 Å². The molecule has 9 rings (SSSR count). The first kappa shape index (κ1) is 48.9. The molecule has 0 saturated heterocycles. The highest BCUT2D eigenvalue weighted by molar-refractivity contribution is 7.13. The molecule has 3 aromatic heterocycles. The number of halogens is 2. The molecule has 9 aromatic rings. The molecule has 17 nitrogen and oxygen atoms in total. The van der Waals surface area contributed by atoms with E-state index in [0.717, 1.165) is 17.2 Å². The van der Waals surface area contributed by atoms with Crippen LogP contribution in [0.15, 0.2) is 157 Å². The summed E-state index contributed by atoms with van der Waals surface area (Å²) in [6.07, 6.45) is 3.33. The largest absolute Gasteiger partial charge is 0.494 e. The van der Waals surface area contributed by atoms with Gasteiger partial charge in [-0.2, -0.15) is 0 Å². The molecule has 0 aliphatic carbocycles. The topological polar surface area (TPSA) is 219 Å². The number of hydrogen-bond acceptors (Lipinski definition) is 14. The highest BCUT2D eigenvalue weighted by atomic mass is 32.1. The number of nitrogens with one attached hydrogen (secondary N) is 4. The van der Waals surface area contributed by atoms with Crippen LogP contribution in [0.1, 0.15) is 11.1 Å². The van der Waals surface area contributed by atoms with E-state index in [9.17, 15) is 23.2 Å². The van der Waals surface area contributed by atoms with Crippen molar-refractivity contribution in [2.24, 2.45) is 0 Å². The normalized spacial score (nSPS) is 10.6. The van der Waals surface area contributed by atoms with Crippen LogP contribution in [0.4, 0.5) is 51.0 Å². The molecule has 6 aromatic carbocycles. The first-order valence-electron chi connectivity index (χ1n) is 21.6. The molecular weight excluding hydrogens is 951 g/mol. The number of amides is 4. The molecule has 0 radical (unpaired) electrons. The second-order valence-corrected chi connectivity index (χ2v) is 16.0. The number of fused-ring (bicyclic) bond motifs is 2. The van der Waals surface area contributed by atoms with Gasteiger partial charge < -0.3 is 39.5 Å². The minimum atomic E-state index is -0.699. The van der Waals surface area contributed by atoms with Crippen molar-refractivity contribution in [2.75, 3.05) is 41.2 Å². The van der Waals surface area contributed by atoms with Crippen molar-refractivity contribution in [3.63, 3.8) is 0 Å². The van der Waals surface area contributed by atoms with Crippen molar-refractivity contribution in [1.82, 2.24) is 15.0 Å². The Labute approximate surface area is 413 Å². The molecule has 0 fully saturated rings. The number of methoxy groups -OCH3 is 2. The maximum absolute atomic E-state index is 14.8. The average Bonchev–Trinajstić information content (AvgIpc) is 3.91.